The van der Waals surface area contributed by atoms with Crippen LogP contribution in [0.3, 0.4) is 0 Å². The summed E-state index contributed by atoms with van der Waals surface area (Å²) >= 11 is 1.15. The molecule has 0 atom stereocenters. The molecule has 1 rings (SSSR count). The van der Waals surface area contributed by atoms with Crippen molar-refractivity contribution in [3.05, 3.63) is 18.2 Å². The molecular formula is C8H9BiO2. The summed E-state index contributed by atoms with van der Waals surface area (Å²) in [6.45, 7) is 0. The van der Waals surface area contributed by atoms with Crippen molar-refractivity contribution in [2.24, 2.45) is 0 Å². The topological polar surface area (TPSA) is 18.5 Å². The molecule has 3 heteroatoms. The molecule has 0 amide bonds. The summed E-state index contributed by atoms with van der Waals surface area (Å²) in [4.78, 5) is 0. The predicted molar refractivity (Wildman–Crippen MR) is 44.9 cm³/mol. The Morgan fingerprint density at radius 1 is 1.09 bits per heavy atom. The van der Waals surface area contributed by atoms with Gasteiger partial charge in [-0.3, -0.25) is 0 Å². The van der Waals surface area contributed by atoms with E-state index in [-0.39, 0.29) is 0 Å². The molecule has 2 radical (unpaired) electrons. The first-order valence-electron chi connectivity index (χ1n) is 3.19. The Morgan fingerprint density at radius 2 is 1.55 bits per heavy atom. The van der Waals surface area contributed by atoms with Gasteiger partial charge in [0.1, 0.15) is 0 Å². The van der Waals surface area contributed by atoms with Crippen molar-refractivity contribution in [1.82, 2.24) is 0 Å². The van der Waals surface area contributed by atoms with E-state index in [2.05, 4.69) is 0 Å². The van der Waals surface area contributed by atoms with E-state index in [1.165, 1.54) is 0 Å². The molecule has 1 aromatic carbocycles. The van der Waals surface area contributed by atoms with E-state index in [0.717, 1.165) is 39.5 Å². The van der Waals surface area contributed by atoms with Crippen LogP contribution in [0.4, 0.5) is 0 Å². The van der Waals surface area contributed by atoms with Crippen LogP contribution in [0, 0.1) is 0 Å². The minimum atomic E-state index is 0.915. The van der Waals surface area contributed by atoms with Crippen molar-refractivity contribution >= 4 is 28.0 Å². The van der Waals surface area contributed by atoms with Crippen LogP contribution in [0.2, 0.25) is 0 Å². The zero-order valence-corrected chi connectivity index (χ0v) is 9.97. The van der Waals surface area contributed by atoms with Gasteiger partial charge in [0.05, 0.1) is 0 Å². The van der Waals surface area contributed by atoms with Gasteiger partial charge >= 0.3 is 81.4 Å². The molecule has 0 saturated heterocycles. The van der Waals surface area contributed by atoms with Crippen LogP contribution >= 0.6 is 0 Å². The van der Waals surface area contributed by atoms with Crippen LogP contribution in [0.5, 0.6) is 11.5 Å². The molecule has 0 bridgehead atoms. The number of ether oxygens (including phenoxy) is 2. The van der Waals surface area contributed by atoms with Crippen molar-refractivity contribution in [3.8, 4) is 11.5 Å². The zero-order chi connectivity index (χ0) is 8.27. The summed E-state index contributed by atoms with van der Waals surface area (Å²) in [6, 6.07) is 5.81. The fourth-order valence-electron chi connectivity index (χ4n) is 0.832. The Labute approximate surface area is 81.4 Å². The molecule has 11 heavy (non-hydrogen) atoms. The monoisotopic (exact) mass is 346 g/mol. The summed E-state index contributed by atoms with van der Waals surface area (Å²) in [5.41, 5.74) is 0. The van der Waals surface area contributed by atoms with E-state index >= 15 is 0 Å². The zero-order valence-electron chi connectivity index (χ0n) is 6.50. The molecule has 1 aromatic rings. The van der Waals surface area contributed by atoms with E-state index in [1.807, 2.05) is 18.2 Å². The van der Waals surface area contributed by atoms with Gasteiger partial charge in [-0.05, 0) is 0 Å². The van der Waals surface area contributed by atoms with Crippen LogP contribution in [-0.2, 0) is 0 Å². The molecule has 0 unspecified atom stereocenters. The third-order valence-corrected chi connectivity index (χ3v) is 3.12. The van der Waals surface area contributed by atoms with Gasteiger partial charge in [0.2, 0.25) is 0 Å². The van der Waals surface area contributed by atoms with Crippen LogP contribution in [0.1, 0.15) is 0 Å². The standard InChI is InChI=1S/C8H9O2.Bi/c1-9-7-4-3-5-8(6-7)10-2;/h3-5H,1-2H3;. The normalized spacial score (nSPS) is 9.36. The second kappa shape index (κ2) is 3.91. The van der Waals surface area contributed by atoms with Gasteiger partial charge in [0, 0.05) is 0 Å². The first-order valence-corrected chi connectivity index (χ1v) is 4.93. The average Bonchev–Trinajstić information content (AvgIpc) is 2.05. The molecule has 0 saturated carbocycles. The molecule has 0 aliphatic rings. The molecule has 0 aliphatic heterocycles. The fourth-order valence-corrected chi connectivity index (χ4v) is 2.12. The van der Waals surface area contributed by atoms with E-state index in [9.17, 15) is 0 Å². The molecule has 0 aliphatic carbocycles. The van der Waals surface area contributed by atoms with Gasteiger partial charge < -0.3 is 0 Å². The second-order valence-electron chi connectivity index (χ2n) is 2.01. The average molecular weight is 346 g/mol. The van der Waals surface area contributed by atoms with E-state index in [1.54, 1.807) is 14.2 Å². The Hall–Kier alpha value is -0.297. The van der Waals surface area contributed by atoms with Crippen molar-refractivity contribution in [2.75, 3.05) is 14.2 Å². The van der Waals surface area contributed by atoms with Crippen molar-refractivity contribution in [1.29, 1.82) is 0 Å². The maximum absolute atomic E-state index is 5.14. The van der Waals surface area contributed by atoms with E-state index in [0.29, 0.717) is 0 Å². The Morgan fingerprint density at radius 3 is 1.91 bits per heavy atom. The summed E-state index contributed by atoms with van der Waals surface area (Å²) in [6.07, 6.45) is 0. The number of methoxy groups -OCH3 is 2. The third-order valence-electron chi connectivity index (χ3n) is 1.40. The second-order valence-corrected chi connectivity index (χ2v) is 3.75. The molecule has 58 valence electrons. The van der Waals surface area contributed by atoms with E-state index < -0.39 is 0 Å². The van der Waals surface area contributed by atoms with Crippen molar-refractivity contribution < 1.29 is 9.47 Å². The van der Waals surface area contributed by atoms with Crippen LogP contribution in [0.15, 0.2) is 18.2 Å². The number of benzene rings is 1. The maximum atomic E-state index is 5.14. The predicted octanol–water partition coefficient (Wildman–Crippen LogP) is 0.498. The third kappa shape index (κ3) is 1.84. The quantitative estimate of drug-likeness (QED) is 0.727. The first kappa shape index (κ1) is 8.80. The van der Waals surface area contributed by atoms with E-state index in [4.69, 9.17) is 9.47 Å². The van der Waals surface area contributed by atoms with Gasteiger partial charge in [-0.1, -0.05) is 0 Å². The SMILES string of the molecule is COc1cccc(OC)[c]1[Bi]. The molecule has 0 heterocycles. The Kier molecular flexibility index (Phi) is 3.13. The van der Waals surface area contributed by atoms with Crippen LogP contribution < -0.4 is 12.7 Å². The summed E-state index contributed by atoms with van der Waals surface area (Å²) in [5.74, 6) is 1.83. The molecular weight excluding hydrogens is 337 g/mol. The van der Waals surface area contributed by atoms with Crippen molar-refractivity contribution in [2.45, 2.75) is 0 Å². The molecule has 2 nitrogen and oxygen atoms in total. The number of rotatable bonds is 2. The molecule has 0 N–H and O–H groups in total. The molecule has 0 spiro atoms. The van der Waals surface area contributed by atoms with Crippen LogP contribution in [0.25, 0.3) is 0 Å². The number of hydrogen-bond acceptors (Lipinski definition) is 2. The first-order chi connectivity index (χ1) is 5.29. The van der Waals surface area contributed by atoms with Crippen molar-refractivity contribution in [3.63, 3.8) is 0 Å². The van der Waals surface area contributed by atoms with Gasteiger partial charge in [0.25, 0.3) is 0 Å². The Bertz CT molecular complexity index is 226. The summed E-state index contributed by atoms with van der Waals surface area (Å²) in [7, 11) is 3.34. The molecule has 0 fully saturated rings. The molecule has 0 aromatic heterocycles. The fraction of sp³-hybridized carbons (Fsp3) is 0.250. The minimum absolute atomic E-state index is 0.915. The van der Waals surface area contributed by atoms with Gasteiger partial charge in [0.15, 0.2) is 0 Å². The summed E-state index contributed by atoms with van der Waals surface area (Å²) in [5, 5.41) is 0. The van der Waals surface area contributed by atoms with Crippen LogP contribution in [-0.4, -0.2) is 38.9 Å². The van der Waals surface area contributed by atoms with Gasteiger partial charge in [-0.25, -0.2) is 0 Å². The summed E-state index contributed by atoms with van der Waals surface area (Å²) < 4.78 is 11.4. The number of hydrogen-bond donors (Lipinski definition) is 0. The van der Waals surface area contributed by atoms with Gasteiger partial charge in [-0.2, -0.15) is 0 Å². The Balaban J connectivity index is 3.10. The van der Waals surface area contributed by atoms with Gasteiger partial charge in [-0.15, -0.1) is 0 Å².